The zero-order valence-electron chi connectivity index (χ0n) is 12.1. The quantitative estimate of drug-likeness (QED) is 0.265. The van der Waals surface area contributed by atoms with Gasteiger partial charge in [-0.15, -0.1) is 0 Å². The highest BCUT2D eigenvalue weighted by Crippen LogP contribution is 2.29. The molecule has 0 aliphatic rings. The van der Waals surface area contributed by atoms with Crippen LogP contribution in [0.15, 0.2) is 5.16 Å². The van der Waals surface area contributed by atoms with E-state index in [4.69, 9.17) is 10.9 Å². The van der Waals surface area contributed by atoms with Gasteiger partial charge in [0.25, 0.3) is 0 Å². The van der Waals surface area contributed by atoms with Gasteiger partial charge in [-0.3, -0.25) is 9.59 Å². The molecule has 0 radical (unpaired) electrons. The summed E-state index contributed by atoms with van der Waals surface area (Å²) in [7, 11) is 1.53. The van der Waals surface area contributed by atoms with E-state index in [9.17, 15) is 9.59 Å². The molecule has 0 atom stereocenters. The number of amidine groups is 1. The molecule has 2 amide bonds. The minimum atomic E-state index is -1.06. The molecule has 0 heterocycles. The lowest BCUT2D eigenvalue weighted by Gasteiger charge is -2.32. The van der Waals surface area contributed by atoms with Crippen molar-refractivity contribution in [3.8, 4) is 0 Å². The molecule has 4 N–H and O–H groups in total. The van der Waals surface area contributed by atoms with Gasteiger partial charge >= 0.3 is 0 Å². The van der Waals surface area contributed by atoms with Crippen LogP contribution in [0.4, 0.5) is 0 Å². The van der Waals surface area contributed by atoms with E-state index < -0.39 is 5.41 Å². The van der Waals surface area contributed by atoms with Crippen molar-refractivity contribution < 1.29 is 14.8 Å². The van der Waals surface area contributed by atoms with Crippen molar-refractivity contribution in [2.45, 2.75) is 33.6 Å². The van der Waals surface area contributed by atoms with Crippen molar-refractivity contribution in [3.63, 3.8) is 0 Å². The van der Waals surface area contributed by atoms with Crippen molar-refractivity contribution in [3.05, 3.63) is 0 Å². The van der Waals surface area contributed by atoms with Crippen LogP contribution in [0, 0.1) is 5.41 Å². The smallest absolute Gasteiger partial charge is 0.239 e. The van der Waals surface area contributed by atoms with Gasteiger partial charge in [-0.25, -0.2) is 0 Å². The maximum atomic E-state index is 12.4. The summed E-state index contributed by atoms with van der Waals surface area (Å²) >= 11 is 0. The number of hydrogen-bond acceptors (Lipinski definition) is 4. The fraction of sp³-hybridized carbons (Fsp3) is 0.750. The normalized spacial score (nSPS) is 12.1. The van der Waals surface area contributed by atoms with Gasteiger partial charge in [0.2, 0.25) is 11.8 Å². The SMILES string of the molecule is CCNC(=O)CN(C)C(=O)C(CC)(CC)C(N)=NO. The predicted octanol–water partition coefficient (Wildman–Crippen LogP) is 0.134. The zero-order valence-corrected chi connectivity index (χ0v) is 12.1. The van der Waals surface area contributed by atoms with Crippen LogP contribution < -0.4 is 11.1 Å². The van der Waals surface area contributed by atoms with Crippen LogP contribution in [0.2, 0.25) is 0 Å². The van der Waals surface area contributed by atoms with Crippen LogP contribution >= 0.6 is 0 Å². The van der Waals surface area contributed by atoms with E-state index in [-0.39, 0.29) is 24.2 Å². The topological polar surface area (TPSA) is 108 Å². The lowest BCUT2D eigenvalue weighted by molar-refractivity contribution is -0.140. The van der Waals surface area contributed by atoms with Gasteiger partial charge < -0.3 is 21.2 Å². The number of likely N-dealkylation sites (N-methyl/N-ethyl adjacent to an activating group) is 2. The van der Waals surface area contributed by atoms with Crippen molar-refractivity contribution in [1.82, 2.24) is 10.2 Å². The Balaban J connectivity index is 5.06. The van der Waals surface area contributed by atoms with Crippen LogP contribution in [0.3, 0.4) is 0 Å². The van der Waals surface area contributed by atoms with E-state index in [0.29, 0.717) is 19.4 Å². The molecule has 0 bridgehead atoms. The third kappa shape index (κ3) is 3.84. The van der Waals surface area contributed by atoms with Crippen molar-refractivity contribution in [2.24, 2.45) is 16.3 Å². The number of carbonyl (C=O) groups excluding carboxylic acids is 2. The van der Waals surface area contributed by atoms with Crippen molar-refractivity contribution in [2.75, 3.05) is 20.1 Å². The average Bonchev–Trinajstić information content (AvgIpc) is 2.40. The van der Waals surface area contributed by atoms with Gasteiger partial charge in [0.15, 0.2) is 5.84 Å². The van der Waals surface area contributed by atoms with Gasteiger partial charge in [0.05, 0.1) is 6.54 Å². The van der Waals surface area contributed by atoms with Gasteiger partial charge in [-0.1, -0.05) is 19.0 Å². The lowest BCUT2D eigenvalue weighted by Crippen LogP contribution is -2.51. The number of amides is 2. The molecule has 7 heteroatoms. The monoisotopic (exact) mass is 272 g/mol. The molecule has 19 heavy (non-hydrogen) atoms. The molecular formula is C12H24N4O3. The first-order chi connectivity index (χ1) is 8.89. The summed E-state index contributed by atoms with van der Waals surface area (Å²) in [6.07, 6.45) is 0.802. The number of rotatable bonds is 7. The number of nitrogens with zero attached hydrogens (tertiary/aromatic N) is 2. The average molecular weight is 272 g/mol. The van der Waals surface area contributed by atoms with E-state index in [1.54, 1.807) is 20.8 Å². The van der Waals surface area contributed by atoms with Crippen LogP contribution in [-0.2, 0) is 9.59 Å². The molecule has 0 aromatic carbocycles. The summed E-state index contributed by atoms with van der Waals surface area (Å²) in [6, 6.07) is 0. The summed E-state index contributed by atoms with van der Waals surface area (Å²) in [6.45, 7) is 5.85. The minimum absolute atomic E-state index is 0.0485. The Bertz CT molecular complexity index is 351. The molecule has 0 aromatic heterocycles. The number of nitrogens with one attached hydrogen (secondary N) is 1. The minimum Gasteiger partial charge on any atom is -0.409 e. The summed E-state index contributed by atoms with van der Waals surface area (Å²) < 4.78 is 0. The molecule has 0 aromatic rings. The molecule has 0 saturated carbocycles. The first kappa shape index (κ1) is 17.2. The first-order valence-corrected chi connectivity index (χ1v) is 6.39. The Morgan fingerprint density at radius 2 is 1.84 bits per heavy atom. The van der Waals surface area contributed by atoms with Gasteiger partial charge in [-0.2, -0.15) is 0 Å². The second-order valence-corrected chi connectivity index (χ2v) is 4.39. The van der Waals surface area contributed by atoms with Crippen LogP contribution in [0.1, 0.15) is 33.6 Å². The van der Waals surface area contributed by atoms with E-state index >= 15 is 0 Å². The first-order valence-electron chi connectivity index (χ1n) is 6.39. The Morgan fingerprint density at radius 3 is 2.21 bits per heavy atom. The fourth-order valence-electron chi connectivity index (χ4n) is 2.03. The second-order valence-electron chi connectivity index (χ2n) is 4.39. The van der Waals surface area contributed by atoms with Crippen LogP contribution in [0.25, 0.3) is 0 Å². The van der Waals surface area contributed by atoms with E-state index in [1.165, 1.54) is 11.9 Å². The highest BCUT2D eigenvalue weighted by Gasteiger charge is 2.41. The number of carbonyl (C=O) groups is 2. The molecule has 7 nitrogen and oxygen atoms in total. The molecule has 0 fully saturated rings. The molecule has 0 saturated heterocycles. The molecule has 0 spiro atoms. The maximum Gasteiger partial charge on any atom is 0.239 e. The largest absolute Gasteiger partial charge is 0.409 e. The predicted molar refractivity (Wildman–Crippen MR) is 72.7 cm³/mol. The number of hydrogen-bond donors (Lipinski definition) is 3. The number of oxime groups is 1. The molecule has 0 aliphatic heterocycles. The molecular weight excluding hydrogens is 248 g/mol. The number of nitrogens with two attached hydrogens (primary N) is 1. The standard InChI is InChI=1S/C12H24N4O3/c1-5-12(6-2,10(13)15-19)11(18)16(4)8-9(17)14-7-3/h19H,5-8H2,1-4H3,(H2,13,15)(H,14,17). The zero-order chi connectivity index (χ0) is 15.1. The van der Waals surface area contributed by atoms with Gasteiger partial charge in [0.1, 0.15) is 5.41 Å². The highest BCUT2D eigenvalue weighted by atomic mass is 16.4. The summed E-state index contributed by atoms with van der Waals surface area (Å²) in [5.74, 6) is -0.678. The summed E-state index contributed by atoms with van der Waals surface area (Å²) in [4.78, 5) is 25.2. The van der Waals surface area contributed by atoms with E-state index in [1.807, 2.05) is 0 Å². The van der Waals surface area contributed by atoms with E-state index in [0.717, 1.165) is 0 Å². The lowest BCUT2D eigenvalue weighted by atomic mass is 9.79. The molecule has 0 rings (SSSR count). The fourth-order valence-corrected chi connectivity index (χ4v) is 2.03. The Labute approximate surface area is 113 Å². The molecule has 110 valence electrons. The third-order valence-corrected chi connectivity index (χ3v) is 3.32. The molecule has 0 aliphatic carbocycles. The highest BCUT2D eigenvalue weighted by molar-refractivity contribution is 6.07. The van der Waals surface area contributed by atoms with Crippen molar-refractivity contribution >= 4 is 17.6 Å². The summed E-state index contributed by atoms with van der Waals surface area (Å²) in [5.41, 5.74) is 4.59. The second kappa shape index (κ2) is 7.60. The van der Waals surface area contributed by atoms with Crippen molar-refractivity contribution in [1.29, 1.82) is 0 Å². The van der Waals surface area contributed by atoms with E-state index in [2.05, 4.69) is 10.5 Å². The summed E-state index contributed by atoms with van der Waals surface area (Å²) in [5, 5.41) is 14.4. The maximum absolute atomic E-state index is 12.4. The Kier molecular flexibility index (Phi) is 6.89. The third-order valence-electron chi connectivity index (χ3n) is 3.32. The van der Waals surface area contributed by atoms with Gasteiger partial charge in [-0.05, 0) is 19.8 Å². The Morgan fingerprint density at radius 1 is 1.32 bits per heavy atom. The van der Waals surface area contributed by atoms with Crippen LogP contribution in [-0.4, -0.2) is 47.9 Å². The van der Waals surface area contributed by atoms with Gasteiger partial charge in [0, 0.05) is 13.6 Å². The Hall–Kier alpha value is -1.79. The molecule has 0 unspecified atom stereocenters. The van der Waals surface area contributed by atoms with Crippen LogP contribution in [0.5, 0.6) is 0 Å².